The highest BCUT2D eigenvalue weighted by molar-refractivity contribution is 7.97. The Bertz CT molecular complexity index is 705. The van der Waals surface area contributed by atoms with Crippen molar-refractivity contribution >= 4 is 45.5 Å². The Labute approximate surface area is 122 Å². The molecule has 0 aliphatic rings. The van der Waals surface area contributed by atoms with Crippen LogP contribution >= 0.6 is 23.4 Å². The maximum atomic E-state index is 11.3. The first-order valence-corrected chi connectivity index (χ1v) is 7.04. The topological polar surface area (TPSA) is 100 Å². The van der Waals surface area contributed by atoms with Crippen LogP contribution < -0.4 is 0 Å². The van der Waals surface area contributed by atoms with Crippen molar-refractivity contribution in [2.24, 2.45) is 0 Å². The lowest BCUT2D eigenvalue weighted by Crippen LogP contribution is -2.03. The summed E-state index contributed by atoms with van der Waals surface area (Å²) in [6, 6.07) is 7.15. The lowest BCUT2D eigenvalue weighted by Gasteiger charge is -1.97. The van der Waals surface area contributed by atoms with Crippen LogP contribution in [0.15, 0.2) is 22.5 Å². The fraction of sp³-hybridized carbons (Fsp3) is 0.167. The maximum absolute atomic E-state index is 11.3. The first-order valence-electron chi connectivity index (χ1n) is 5.48. The molecule has 0 fully saturated rings. The molecule has 0 atom stereocenters. The Morgan fingerprint density at radius 2 is 2.25 bits per heavy atom. The molecule has 1 N–H and O–H groups in total. The molecule has 1 aromatic heterocycles. The molecule has 2 aromatic rings. The van der Waals surface area contributed by atoms with Gasteiger partial charge in [-0.05, 0) is 18.2 Å². The fourth-order valence-electron chi connectivity index (χ4n) is 1.34. The summed E-state index contributed by atoms with van der Waals surface area (Å²) in [5.74, 6) is -1.65. The maximum Gasteiger partial charge on any atom is 0.318 e. The number of benzene rings is 1. The largest absolute Gasteiger partial charge is 0.481 e. The minimum absolute atomic E-state index is 0.175. The first-order chi connectivity index (χ1) is 9.58. The standard InChI is InChI=1S/C12H8N2O4S2/c13-6-7-1-2-9-8(5-7)14-12(19-9)20-18-11(17)4-3-10(15)16/h1-2,5H,3-4H2,(H,15,16). The van der Waals surface area contributed by atoms with E-state index in [1.54, 1.807) is 18.2 Å². The summed E-state index contributed by atoms with van der Waals surface area (Å²) >= 11 is 2.13. The van der Waals surface area contributed by atoms with Gasteiger partial charge < -0.3 is 9.29 Å². The quantitative estimate of drug-likeness (QED) is 0.847. The van der Waals surface area contributed by atoms with Crippen molar-refractivity contribution in [3.8, 4) is 6.07 Å². The van der Waals surface area contributed by atoms with E-state index in [9.17, 15) is 9.59 Å². The molecule has 20 heavy (non-hydrogen) atoms. The zero-order chi connectivity index (χ0) is 14.5. The molecule has 0 bridgehead atoms. The Hall–Kier alpha value is -2.11. The monoisotopic (exact) mass is 308 g/mol. The van der Waals surface area contributed by atoms with E-state index in [4.69, 9.17) is 14.6 Å². The molecular formula is C12H8N2O4S2. The Balaban J connectivity index is 1.98. The number of carbonyl (C=O) groups excluding carboxylic acids is 1. The molecule has 1 aromatic carbocycles. The number of aliphatic carboxylic acids is 1. The van der Waals surface area contributed by atoms with E-state index >= 15 is 0 Å². The van der Waals surface area contributed by atoms with Gasteiger partial charge in [0.05, 0.1) is 34.7 Å². The Morgan fingerprint density at radius 3 is 2.95 bits per heavy atom. The number of aromatic nitrogens is 1. The lowest BCUT2D eigenvalue weighted by molar-refractivity contribution is -0.141. The van der Waals surface area contributed by atoms with Crippen LogP contribution in [0.2, 0.25) is 0 Å². The normalized spacial score (nSPS) is 10.2. The number of rotatable bonds is 5. The second-order valence-corrected chi connectivity index (χ2v) is 5.72. The third kappa shape index (κ3) is 3.69. The highest BCUT2D eigenvalue weighted by atomic mass is 32.2. The van der Waals surface area contributed by atoms with Crippen LogP contribution in [0.3, 0.4) is 0 Å². The minimum Gasteiger partial charge on any atom is -0.481 e. The van der Waals surface area contributed by atoms with Gasteiger partial charge in [0, 0.05) is 0 Å². The van der Waals surface area contributed by atoms with Crippen molar-refractivity contribution in [3.05, 3.63) is 23.8 Å². The number of carboxylic acid groups (broad SMARTS) is 1. The molecule has 102 valence electrons. The van der Waals surface area contributed by atoms with Gasteiger partial charge in [-0.1, -0.05) is 0 Å². The first kappa shape index (κ1) is 14.3. The average molecular weight is 308 g/mol. The molecule has 0 radical (unpaired) electrons. The van der Waals surface area contributed by atoms with E-state index in [-0.39, 0.29) is 12.8 Å². The molecular weight excluding hydrogens is 300 g/mol. The van der Waals surface area contributed by atoms with Crippen molar-refractivity contribution in [1.29, 1.82) is 5.26 Å². The predicted molar refractivity (Wildman–Crippen MR) is 73.2 cm³/mol. The van der Waals surface area contributed by atoms with Crippen LogP contribution in [0.1, 0.15) is 18.4 Å². The summed E-state index contributed by atoms with van der Waals surface area (Å²) < 4.78 is 6.27. The van der Waals surface area contributed by atoms with Gasteiger partial charge in [-0.3, -0.25) is 9.59 Å². The smallest absolute Gasteiger partial charge is 0.318 e. The molecule has 0 saturated carbocycles. The number of nitriles is 1. The van der Waals surface area contributed by atoms with Crippen molar-refractivity contribution < 1.29 is 18.9 Å². The van der Waals surface area contributed by atoms with Crippen molar-refractivity contribution in [2.45, 2.75) is 17.2 Å². The number of thiazole rings is 1. The summed E-state index contributed by atoms with van der Waals surface area (Å²) in [6.45, 7) is 0. The molecule has 6 nitrogen and oxygen atoms in total. The molecule has 0 saturated heterocycles. The third-order valence-corrected chi connectivity index (χ3v) is 4.03. The molecule has 0 aliphatic heterocycles. The molecule has 0 amide bonds. The van der Waals surface area contributed by atoms with E-state index < -0.39 is 11.9 Å². The SMILES string of the molecule is N#Cc1ccc2sc(SOC(=O)CCC(=O)O)nc2c1. The van der Waals surface area contributed by atoms with Gasteiger partial charge in [0.1, 0.15) is 12.0 Å². The number of nitrogens with zero attached hydrogens (tertiary/aromatic N) is 2. The molecule has 0 spiro atoms. The van der Waals surface area contributed by atoms with E-state index in [0.29, 0.717) is 15.4 Å². The predicted octanol–water partition coefficient (Wildman–Crippen LogP) is 2.58. The van der Waals surface area contributed by atoms with Crippen LogP contribution in [0.4, 0.5) is 0 Å². The number of hydrogen-bond acceptors (Lipinski definition) is 7. The summed E-state index contributed by atoms with van der Waals surface area (Å²) in [5, 5.41) is 17.2. The summed E-state index contributed by atoms with van der Waals surface area (Å²) in [4.78, 5) is 25.8. The summed E-state index contributed by atoms with van der Waals surface area (Å²) in [6.07, 6.45) is -0.434. The van der Waals surface area contributed by atoms with Crippen LogP contribution in [0.25, 0.3) is 10.2 Å². The molecule has 0 aliphatic carbocycles. The van der Waals surface area contributed by atoms with Gasteiger partial charge in [0.2, 0.25) is 0 Å². The second kappa shape index (κ2) is 6.36. The number of fused-ring (bicyclic) bond motifs is 1. The highest BCUT2D eigenvalue weighted by Crippen LogP contribution is 2.30. The molecule has 1 heterocycles. The van der Waals surface area contributed by atoms with Gasteiger partial charge in [-0.25, -0.2) is 4.98 Å². The van der Waals surface area contributed by atoms with Crippen LogP contribution in [-0.2, 0) is 13.8 Å². The number of carbonyl (C=O) groups is 2. The van der Waals surface area contributed by atoms with Gasteiger partial charge >= 0.3 is 11.9 Å². The zero-order valence-corrected chi connectivity index (χ0v) is 11.7. The molecule has 8 heteroatoms. The fourth-order valence-corrected chi connectivity index (χ4v) is 2.91. The van der Waals surface area contributed by atoms with Gasteiger partial charge in [0.25, 0.3) is 0 Å². The van der Waals surface area contributed by atoms with Crippen molar-refractivity contribution in [3.63, 3.8) is 0 Å². The summed E-state index contributed by atoms with van der Waals surface area (Å²) in [7, 11) is 0. The minimum atomic E-state index is -1.05. The van der Waals surface area contributed by atoms with E-state index in [1.807, 2.05) is 6.07 Å². The van der Waals surface area contributed by atoms with Gasteiger partial charge in [-0.15, -0.1) is 11.3 Å². The van der Waals surface area contributed by atoms with Crippen LogP contribution in [0.5, 0.6) is 0 Å². The average Bonchev–Trinajstić information content (AvgIpc) is 2.84. The zero-order valence-electron chi connectivity index (χ0n) is 10.0. The number of hydrogen-bond donors (Lipinski definition) is 1. The van der Waals surface area contributed by atoms with Gasteiger partial charge in [-0.2, -0.15) is 5.26 Å². The van der Waals surface area contributed by atoms with Crippen molar-refractivity contribution in [2.75, 3.05) is 0 Å². The van der Waals surface area contributed by atoms with Crippen LogP contribution in [0, 0.1) is 11.3 Å². The second-order valence-electron chi connectivity index (χ2n) is 3.71. The van der Waals surface area contributed by atoms with Gasteiger partial charge in [0.15, 0.2) is 4.34 Å². The van der Waals surface area contributed by atoms with E-state index in [0.717, 1.165) is 16.7 Å². The highest BCUT2D eigenvalue weighted by Gasteiger charge is 2.11. The van der Waals surface area contributed by atoms with Crippen LogP contribution in [-0.4, -0.2) is 22.0 Å². The number of carboxylic acids is 1. The Kier molecular flexibility index (Phi) is 4.55. The third-order valence-electron chi connectivity index (χ3n) is 2.25. The summed E-state index contributed by atoms with van der Waals surface area (Å²) in [5.41, 5.74) is 1.18. The van der Waals surface area contributed by atoms with E-state index in [1.165, 1.54) is 11.3 Å². The Morgan fingerprint density at radius 1 is 1.45 bits per heavy atom. The molecule has 2 rings (SSSR count). The van der Waals surface area contributed by atoms with Crippen molar-refractivity contribution in [1.82, 2.24) is 4.98 Å². The van der Waals surface area contributed by atoms with E-state index in [2.05, 4.69) is 4.98 Å². The lowest BCUT2D eigenvalue weighted by atomic mass is 10.2. The molecule has 0 unspecified atom stereocenters.